The van der Waals surface area contributed by atoms with Crippen LogP contribution in [-0.4, -0.2) is 46.2 Å². The number of nitrogens with zero attached hydrogens (tertiary/aromatic N) is 3. The van der Waals surface area contributed by atoms with Crippen LogP contribution in [0.4, 0.5) is 0 Å². The Morgan fingerprint density at radius 1 is 1.33 bits per heavy atom. The molecule has 1 aromatic carbocycles. The molecule has 1 aliphatic heterocycles. The molecule has 128 valence electrons. The maximum absolute atomic E-state index is 12.2. The predicted molar refractivity (Wildman–Crippen MR) is 101 cm³/mol. The van der Waals surface area contributed by atoms with Crippen molar-refractivity contribution < 1.29 is 13.2 Å². The molecule has 0 bridgehead atoms. The monoisotopic (exact) mass is 477 g/mol. The van der Waals surface area contributed by atoms with Gasteiger partial charge in [0.1, 0.15) is 5.82 Å². The number of sulfone groups is 1. The van der Waals surface area contributed by atoms with Crippen LogP contribution in [0.3, 0.4) is 0 Å². The van der Waals surface area contributed by atoms with Gasteiger partial charge in [-0.25, -0.2) is 8.42 Å². The van der Waals surface area contributed by atoms with E-state index in [1.807, 2.05) is 31.3 Å². The molecule has 1 unspecified atom stereocenters. The van der Waals surface area contributed by atoms with Gasteiger partial charge in [0.25, 0.3) is 0 Å². The third-order valence-corrected chi connectivity index (χ3v) is 7.47. The SMILES string of the molecule is Cn1c(SCC(=O)c2ccc(I)cc2)nnc1C1CCS(=O)(=O)C1. The summed E-state index contributed by atoms with van der Waals surface area (Å²) in [4.78, 5) is 12.2. The van der Waals surface area contributed by atoms with Crippen molar-refractivity contribution in [1.82, 2.24) is 14.8 Å². The van der Waals surface area contributed by atoms with Crippen molar-refractivity contribution in [3.05, 3.63) is 39.2 Å². The Kier molecular flexibility index (Phi) is 5.30. The molecule has 0 spiro atoms. The van der Waals surface area contributed by atoms with Crippen LogP contribution in [0.2, 0.25) is 0 Å². The number of rotatable bonds is 5. The lowest BCUT2D eigenvalue weighted by Gasteiger charge is -2.07. The fraction of sp³-hybridized carbons (Fsp3) is 0.400. The van der Waals surface area contributed by atoms with Gasteiger partial charge in [-0.3, -0.25) is 4.79 Å². The Bertz CT molecular complexity index is 863. The summed E-state index contributed by atoms with van der Waals surface area (Å²) in [5.41, 5.74) is 0.673. The largest absolute Gasteiger partial charge is 0.309 e. The highest BCUT2D eigenvalue weighted by Crippen LogP contribution is 2.29. The first-order valence-electron chi connectivity index (χ1n) is 7.37. The molecule has 1 saturated heterocycles. The van der Waals surface area contributed by atoms with Crippen molar-refractivity contribution in [1.29, 1.82) is 0 Å². The number of halogens is 1. The standard InChI is InChI=1S/C15H16IN3O3S2/c1-19-14(11-6-7-24(21,22)9-11)17-18-15(19)23-8-13(20)10-2-4-12(16)5-3-10/h2-5,11H,6-9H2,1H3. The Morgan fingerprint density at radius 3 is 2.67 bits per heavy atom. The lowest BCUT2D eigenvalue weighted by atomic mass is 10.1. The Balaban J connectivity index is 1.66. The lowest BCUT2D eigenvalue weighted by molar-refractivity contribution is 0.102. The van der Waals surface area contributed by atoms with Crippen LogP contribution in [0, 0.1) is 3.57 Å². The van der Waals surface area contributed by atoms with E-state index in [4.69, 9.17) is 0 Å². The van der Waals surface area contributed by atoms with Gasteiger partial charge in [-0.05, 0) is 41.1 Å². The van der Waals surface area contributed by atoms with E-state index in [0.717, 1.165) is 3.57 Å². The minimum Gasteiger partial charge on any atom is -0.309 e. The Labute approximate surface area is 158 Å². The van der Waals surface area contributed by atoms with E-state index in [9.17, 15) is 13.2 Å². The van der Waals surface area contributed by atoms with Crippen LogP contribution >= 0.6 is 34.4 Å². The molecule has 0 saturated carbocycles. The summed E-state index contributed by atoms with van der Waals surface area (Å²) in [5.74, 6) is 1.22. The lowest BCUT2D eigenvalue weighted by Crippen LogP contribution is -2.09. The first kappa shape index (κ1) is 17.9. The number of carbonyl (C=O) groups excluding carboxylic acids is 1. The van der Waals surface area contributed by atoms with E-state index in [1.54, 1.807) is 4.57 Å². The highest BCUT2D eigenvalue weighted by atomic mass is 127. The van der Waals surface area contributed by atoms with Gasteiger partial charge in [0.15, 0.2) is 20.8 Å². The highest BCUT2D eigenvalue weighted by Gasteiger charge is 2.32. The van der Waals surface area contributed by atoms with Gasteiger partial charge >= 0.3 is 0 Å². The number of benzene rings is 1. The number of thioether (sulfide) groups is 1. The first-order chi connectivity index (χ1) is 11.4. The van der Waals surface area contributed by atoms with E-state index in [2.05, 4.69) is 32.8 Å². The van der Waals surface area contributed by atoms with Crippen molar-refractivity contribution in [2.24, 2.45) is 7.05 Å². The summed E-state index contributed by atoms with van der Waals surface area (Å²) in [6.45, 7) is 0. The Hall–Kier alpha value is -0.940. The molecule has 2 aromatic rings. The molecule has 9 heteroatoms. The first-order valence-corrected chi connectivity index (χ1v) is 11.3. The average Bonchev–Trinajstić information content (AvgIpc) is 3.08. The molecule has 0 radical (unpaired) electrons. The minimum atomic E-state index is -2.96. The molecule has 0 aliphatic carbocycles. The van der Waals surface area contributed by atoms with Gasteiger partial charge in [-0.1, -0.05) is 23.9 Å². The van der Waals surface area contributed by atoms with Crippen molar-refractivity contribution in [3.8, 4) is 0 Å². The van der Waals surface area contributed by atoms with Gasteiger partial charge in [0, 0.05) is 22.1 Å². The summed E-state index contributed by atoms with van der Waals surface area (Å²) >= 11 is 3.52. The summed E-state index contributed by atoms with van der Waals surface area (Å²) in [6.07, 6.45) is 0.584. The number of aromatic nitrogens is 3. The number of Topliss-reactive ketones (excluding diaryl/α,β-unsaturated/α-hetero) is 1. The topological polar surface area (TPSA) is 81.9 Å². The predicted octanol–water partition coefficient (Wildman–Crippen LogP) is 2.30. The van der Waals surface area contributed by atoms with Crippen molar-refractivity contribution in [3.63, 3.8) is 0 Å². The molecule has 1 atom stereocenters. The van der Waals surface area contributed by atoms with E-state index < -0.39 is 9.84 Å². The molecule has 6 nitrogen and oxygen atoms in total. The second kappa shape index (κ2) is 7.12. The van der Waals surface area contributed by atoms with Crippen molar-refractivity contribution in [2.75, 3.05) is 17.3 Å². The van der Waals surface area contributed by atoms with E-state index in [1.165, 1.54) is 11.8 Å². The van der Waals surface area contributed by atoms with E-state index in [0.29, 0.717) is 23.0 Å². The summed E-state index contributed by atoms with van der Waals surface area (Å²) in [5, 5.41) is 8.89. The minimum absolute atomic E-state index is 0.0318. The molecular formula is C15H16IN3O3S2. The normalized spacial score (nSPS) is 19.5. The summed E-state index contributed by atoms with van der Waals surface area (Å²) in [6, 6.07) is 7.44. The van der Waals surface area contributed by atoms with Crippen LogP contribution in [0.5, 0.6) is 0 Å². The van der Waals surface area contributed by atoms with Gasteiger partial charge in [0.05, 0.1) is 17.3 Å². The summed E-state index contributed by atoms with van der Waals surface area (Å²) < 4.78 is 26.1. The Morgan fingerprint density at radius 2 is 2.04 bits per heavy atom. The highest BCUT2D eigenvalue weighted by molar-refractivity contribution is 14.1. The van der Waals surface area contributed by atoms with Crippen LogP contribution in [0.1, 0.15) is 28.5 Å². The van der Waals surface area contributed by atoms with Gasteiger partial charge in [-0.15, -0.1) is 10.2 Å². The molecule has 0 amide bonds. The maximum Gasteiger partial charge on any atom is 0.191 e. The molecule has 24 heavy (non-hydrogen) atoms. The fourth-order valence-corrected chi connectivity index (χ4v) is 5.57. The average molecular weight is 477 g/mol. The smallest absolute Gasteiger partial charge is 0.191 e. The zero-order chi connectivity index (χ0) is 17.3. The molecule has 0 N–H and O–H groups in total. The van der Waals surface area contributed by atoms with Crippen LogP contribution in [0.15, 0.2) is 29.4 Å². The van der Waals surface area contributed by atoms with Crippen molar-refractivity contribution in [2.45, 2.75) is 17.5 Å². The van der Waals surface area contributed by atoms with Gasteiger partial charge in [-0.2, -0.15) is 0 Å². The van der Waals surface area contributed by atoms with Crippen LogP contribution in [-0.2, 0) is 16.9 Å². The van der Waals surface area contributed by atoms with Crippen LogP contribution < -0.4 is 0 Å². The van der Waals surface area contributed by atoms with E-state index >= 15 is 0 Å². The number of hydrogen-bond acceptors (Lipinski definition) is 6. The zero-order valence-corrected chi connectivity index (χ0v) is 16.8. The van der Waals surface area contributed by atoms with Gasteiger partial charge < -0.3 is 4.57 Å². The number of carbonyl (C=O) groups is 1. The summed E-state index contributed by atoms with van der Waals surface area (Å²) in [7, 11) is -1.14. The molecule has 1 aliphatic rings. The maximum atomic E-state index is 12.2. The van der Waals surface area contributed by atoms with Crippen molar-refractivity contribution >= 4 is 50.0 Å². The molecule has 1 fully saturated rings. The van der Waals surface area contributed by atoms with Gasteiger partial charge in [0.2, 0.25) is 0 Å². The second-order valence-electron chi connectivity index (χ2n) is 5.72. The van der Waals surface area contributed by atoms with Crippen LogP contribution in [0.25, 0.3) is 0 Å². The molecule has 3 rings (SSSR count). The molecular weight excluding hydrogens is 461 g/mol. The third-order valence-electron chi connectivity index (χ3n) is 3.96. The van der Waals surface area contributed by atoms with E-state index in [-0.39, 0.29) is 29.0 Å². The molecule has 1 aromatic heterocycles. The quantitative estimate of drug-likeness (QED) is 0.374. The number of ketones is 1. The second-order valence-corrected chi connectivity index (χ2v) is 10.1. The third kappa shape index (κ3) is 3.99. The number of hydrogen-bond donors (Lipinski definition) is 0. The molecule has 2 heterocycles. The fourth-order valence-electron chi connectivity index (χ4n) is 2.66. The zero-order valence-electron chi connectivity index (χ0n) is 13.0.